The highest BCUT2D eigenvalue weighted by Crippen LogP contribution is 2.35. The number of imide groups is 1. The predicted octanol–water partition coefficient (Wildman–Crippen LogP) is 3.48. The first-order valence-corrected chi connectivity index (χ1v) is 19.7. The van der Waals surface area contributed by atoms with Crippen LogP contribution < -0.4 is 36.6 Å². The van der Waals surface area contributed by atoms with Crippen molar-refractivity contribution in [1.82, 2.24) is 25.1 Å². The van der Waals surface area contributed by atoms with Crippen LogP contribution in [0.25, 0.3) is 0 Å². The van der Waals surface area contributed by atoms with Crippen LogP contribution in [0.2, 0.25) is 0 Å². The van der Waals surface area contributed by atoms with E-state index in [2.05, 4.69) is 59.1 Å². The van der Waals surface area contributed by atoms with E-state index < -0.39 is 5.91 Å². The van der Waals surface area contributed by atoms with E-state index in [4.69, 9.17) is 20.2 Å². The minimum atomic E-state index is -0.637. The molecule has 1 unspecified atom stereocenters. The highest BCUT2D eigenvalue weighted by molar-refractivity contribution is 6.01. The minimum absolute atomic E-state index is 0.105. The molecule has 55 heavy (non-hydrogen) atoms. The first kappa shape index (κ1) is 38.3. The molecule has 3 aromatic rings. The summed E-state index contributed by atoms with van der Waals surface area (Å²) < 4.78 is 11.4. The lowest BCUT2D eigenvalue weighted by atomic mass is 10.0. The second kappa shape index (κ2) is 17.6. The summed E-state index contributed by atoms with van der Waals surface area (Å²) in [4.78, 5) is 53.2. The minimum Gasteiger partial charge on any atom is -0.495 e. The molecule has 294 valence electrons. The molecule has 2 aromatic carbocycles. The molecule has 0 saturated carbocycles. The number of carbonyl (C=O) groups excluding carboxylic acids is 3. The number of aromatic nitrogens is 2. The maximum atomic E-state index is 12.5. The van der Waals surface area contributed by atoms with Crippen molar-refractivity contribution in [2.75, 3.05) is 80.4 Å². The van der Waals surface area contributed by atoms with Gasteiger partial charge in [-0.05, 0) is 68.4 Å². The number of nitrogens with one attached hydrogen (secondary N) is 4. The molecule has 7 rings (SSSR count). The highest BCUT2D eigenvalue weighted by atomic mass is 16.5. The van der Waals surface area contributed by atoms with Gasteiger partial charge in [0.2, 0.25) is 11.8 Å². The number of hydrogen-bond donors (Lipinski definition) is 5. The molecule has 4 fully saturated rings. The summed E-state index contributed by atoms with van der Waals surface area (Å²) in [5.74, 6) is 0.607. The fourth-order valence-corrected chi connectivity index (χ4v) is 8.09. The summed E-state index contributed by atoms with van der Waals surface area (Å²) >= 11 is 0. The average molecular weight is 755 g/mol. The number of hydrogen-bond acceptors (Lipinski definition) is 13. The second-order valence-corrected chi connectivity index (χ2v) is 14.9. The van der Waals surface area contributed by atoms with Crippen LogP contribution in [0.15, 0.2) is 42.5 Å². The number of benzene rings is 2. The number of primary amides is 1. The summed E-state index contributed by atoms with van der Waals surface area (Å²) in [5.41, 5.74) is 10.4. The van der Waals surface area contributed by atoms with Crippen LogP contribution in [0.4, 0.5) is 28.7 Å². The van der Waals surface area contributed by atoms with E-state index in [1.807, 2.05) is 31.2 Å². The predicted molar refractivity (Wildman–Crippen MR) is 212 cm³/mol. The van der Waals surface area contributed by atoms with Crippen molar-refractivity contribution >= 4 is 46.4 Å². The monoisotopic (exact) mass is 754 g/mol. The van der Waals surface area contributed by atoms with Gasteiger partial charge in [-0.3, -0.25) is 29.5 Å². The number of piperidine rings is 2. The number of amides is 3. The van der Waals surface area contributed by atoms with E-state index in [0.717, 1.165) is 94.3 Å². The van der Waals surface area contributed by atoms with E-state index in [0.29, 0.717) is 55.8 Å². The topological polar surface area (TPSA) is 179 Å². The van der Waals surface area contributed by atoms with E-state index in [1.165, 1.54) is 5.56 Å². The highest BCUT2D eigenvalue weighted by Gasteiger charge is 2.30. The number of nitrogens with zero attached hydrogens (tertiary/aromatic N) is 5. The van der Waals surface area contributed by atoms with Gasteiger partial charge in [-0.1, -0.05) is 19.1 Å². The van der Waals surface area contributed by atoms with Gasteiger partial charge in [0.15, 0.2) is 17.3 Å². The molecule has 5 heterocycles. The zero-order valence-corrected chi connectivity index (χ0v) is 31.9. The zero-order chi connectivity index (χ0) is 38.3. The fraction of sp³-hybridized carbons (Fsp3) is 0.525. The Balaban J connectivity index is 0.920. The van der Waals surface area contributed by atoms with Gasteiger partial charge in [0.1, 0.15) is 11.8 Å². The number of rotatable bonds is 13. The summed E-state index contributed by atoms with van der Waals surface area (Å²) in [5, 5.41) is 12.5. The zero-order valence-electron chi connectivity index (χ0n) is 31.9. The van der Waals surface area contributed by atoms with Gasteiger partial charge in [-0.25, -0.2) is 9.97 Å². The second-order valence-electron chi connectivity index (χ2n) is 14.9. The maximum absolute atomic E-state index is 12.5. The molecule has 0 spiro atoms. The van der Waals surface area contributed by atoms with Gasteiger partial charge in [0.05, 0.1) is 18.5 Å². The van der Waals surface area contributed by atoms with Gasteiger partial charge >= 0.3 is 0 Å². The lowest BCUT2D eigenvalue weighted by molar-refractivity contribution is -0.133. The molecule has 15 heteroatoms. The first-order valence-electron chi connectivity index (χ1n) is 19.7. The molecular weight excluding hydrogens is 701 g/mol. The molecule has 0 aliphatic carbocycles. The summed E-state index contributed by atoms with van der Waals surface area (Å²) in [6.45, 7) is 10.2. The van der Waals surface area contributed by atoms with Crippen molar-refractivity contribution in [2.45, 2.75) is 76.5 Å². The average Bonchev–Trinajstić information content (AvgIpc) is 3.20. The summed E-state index contributed by atoms with van der Waals surface area (Å²) in [6, 6.07) is 14.6. The van der Waals surface area contributed by atoms with Gasteiger partial charge in [0, 0.05) is 95.0 Å². The maximum Gasteiger partial charge on any atom is 0.271 e. The van der Waals surface area contributed by atoms with Crippen molar-refractivity contribution in [3.8, 4) is 5.75 Å². The lowest BCUT2D eigenvalue weighted by Crippen LogP contribution is -2.53. The third-order valence-electron chi connectivity index (χ3n) is 11.2. The Kier molecular flexibility index (Phi) is 12.3. The lowest BCUT2D eigenvalue weighted by Gasteiger charge is -2.43. The Morgan fingerprint density at radius 1 is 0.927 bits per heavy atom. The number of carbonyl (C=O) groups is 3. The third kappa shape index (κ3) is 9.46. The van der Waals surface area contributed by atoms with Crippen LogP contribution in [-0.4, -0.2) is 115 Å². The van der Waals surface area contributed by atoms with Crippen LogP contribution in [-0.2, 0) is 27.3 Å². The van der Waals surface area contributed by atoms with Crippen LogP contribution in [0.1, 0.15) is 67.2 Å². The molecule has 0 radical (unpaired) electrons. The molecule has 4 aliphatic rings. The normalized spacial score (nSPS) is 20.5. The van der Waals surface area contributed by atoms with Crippen LogP contribution in [0, 0.1) is 0 Å². The van der Waals surface area contributed by atoms with Crippen LogP contribution in [0.5, 0.6) is 5.75 Å². The van der Waals surface area contributed by atoms with Crippen molar-refractivity contribution in [2.24, 2.45) is 5.73 Å². The smallest absolute Gasteiger partial charge is 0.271 e. The number of methoxy groups -OCH3 is 1. The van der Waals surface area contributed by atoms with Crippen molar-refractivity contribution in [1.29, 1.82) is 0 Å². The molecule has 4 aliphatic heterocycles. The van der Waals surface area contributed by atoms with Gasteiger partial charge in [-0.2, -0.15) is 0 Å². The fourth-order valence-electron chi connectivity index (χ4n) is 8.09. The molecular formula is C40H54N10O5. The van der Waals surface area contributed by atoms with Gasteiger partial charge in [-0.15, -0.1) is 0 Å². The van der Waals surface area contributed by atoms with Crippen molar-refractivity contribution in [3.63, 3.8) is 0 Å². The van der Waals surface area contributed by atoms with Crippen LogP contribution >= 0.6 is 0 Å². The van der Waals surface area contributed by atoms with E-state index in [1.54, 1.807) is 7.11 Å². The van der Waals surface area contributed by atoms with Crippen LogP contribution in [0.3, 0.4) is 0 Å². The van der Waals surface area contributed by atoms with E-state index >= 15 is 0 Å². The summed E-state index contributed by atoms with van der Waals surface area (Å²) in [7, 11) is 1.68. The van der Waals surface area contributed by atoms with Crippen molar-refractivity contribution < 1.29 is 23.9 Å². The third-order valence-corrected chi connectivity index (χ3v) is 11.2. The molecule has 4 saturated heterocycles. The Hall–Kier alpha value is -4.99. The molecule has 1 atom stereocenters. The Morgan fingerprint density at radius 2 is 1.71 bits per heavy atom. The number of ether oxygens (including phenoxy) is 2. The number of aryl methyl sites for hydroxylation is 1. The van der Waals surface area contributed by atoms with E-state index in [9.17, 15) is 14.4 Å². The van der Waals surface area contributed by atoms with Crippen molar-refractivity contribution in [3.05, 3.63) is 59.4 Å². The van der Waals surface area contributed by atoms with E-state index in [-0.39, 0.29) is 29.6 Å². The molecule has 15 nitrogen and oxygen atoms in total. The Labute approximate surface area is 322 Å². The Bertz CT molecular complexity index is 1840. The quantitative estimate of drug-likeness (QED) is 0.160. The molecule has 0 bridgehead atoms. The Morgan fingerprint density at radius 3 is 2.42 bits per heavy atom. The largest absolute Gasteiger partial charge is 0.495 e. The van der Waals surface area contributed by atoms with Gasteiger partial charge in [0.25, 0.3) is 5.91 Å². The standard InChI is InChI=1S/C40H54N10O5/c1-3-31-38(43-27-13-21-55-22-14-27)47-39(36(45-31)37(41)52)44-29-7-9-33(34(24-29)54-2)50-15-11-30(12-16-50)49-19-17-48(18-20-49)25-26-5-4-6-28(23-26)42-32-8-10-35(51)46-40(32)53/h4-7,9,23-24,27,30,32,42H,3,8,10-22,25H2,1-2H3,(H2,41,52)(H2,43,44,47)(H,46,51,53). The SMILES string of the molecule is CCc1nc(C(N)=O)c(Nc2ccc(N3CCC(N4CCN(Cc5cccc(NC6CCC(=O)NC6=O)c5)CC4)CC3)c(OC)c2)nc1NC1CCOCC1. The molecule has 1 aromatic heterocycles. The summed E-state index contributed by atoms with van der Waals surface area (Å²) in [6.07, 6.45) is 5.37. The number of piperazine rings is 1. The van der Waals surface area contributed by atoms with Gasteiger partial charge < -0.3 is 36.1 Å². The number of anilines is 5. The first-order chi connectivity index (χ1) is 26.8. The molecule has 6 N–H and O–H groups in total. The number of nitrogens with two attached hydrogens (primary N) is 1. The molecule has 3 amide bonds.